The number of ether oxygens (including phenoxy) is 2. The summed E-state index contributed by atoms with van der Waals surface area (Å²) in [7, 11) is -0.974. The lowest BCUT2D eigenvalue weighted by Gasteiger charge is -2.25. The Hall–Kier alpha value is -6.59. The number of aliphatic carboxylic acids is 1. The molecular formula is C77H116BCl9N12O12. The predicted molar refractivity (Wildman–Crippen MR) is 470 cm³/mol. The third-order valence-electron chi connectivity index (χ3n) is 14.7. The van der Waals surface area contributed by atoms with Gasteiger partial charge in [0.2, 0.25) is 23.6 Å². The van der Waals surface area contributed by atoms with Crippen molar-refractivity contribution in [3.8, 4) is 0 Å². The van der Waals surface area contributed by atoms with Crippen LogP contribution < -0.4 is 63.3 Å². The molecule has 13 N–H and O–H groups in total. The molecule has 34 heteroatoms. The smallest absolute Gasteiger partial charge is 0.374 e. The molecule has 0 aliphatic rings. The summed E-state index contributed by atoms with van der Waals surface area (Å²) in [5.74, 6) is 1.26. The van der Waals surface area contributed by atoms with E-state index in [1.165, 1.54) is 20.7 Å². The van der Waals surface area contributed by atoms with E-state index in [9.17, 15) is 38.6 Å². The number of hydrogen-bond donors (Lipinski definition) is 10. The number of nitrogens with one attached hydrogen (secondary N) is 5. The molecule has 5 aromatic rings. The van der Waals surface area contributed by atoms with Crippen molar-refractivity contribution in [2.45, 2.75) is 146 Å². The van der Waals surface area contributed by atoms with Crippen LogP contribution in [-0.2, 0) is 47.8 Å². The van der Waals surface area contributed by atoms with Crippen molar-refractivity contribution in [2.24, 2.45) is 5.73 Å². The highest BCUT2D eigenvalue weighted by atomic mass is 35.5. The fraction of sp³-hybridized carbons (Fsp3) is 0.506. The van der Waals surface area contributed by atoms with Gasteiger partial charge in [-0.25, -0.2) is 0 Å². The van der Waals surface area contributed by atoms with Crippen LogP contribution in [0.4, 0.5) is 56.9 Å². The first-order chi connectivity index (χ1) is 52.1. The van der Waals surface area contributed by atoms with Crippen LogP contribution in [0, 0.1) is 34.6 Å². The van der Waals surface area contributed by atoms with Gasteiger partial charge >= 0.3 is 25.0 Å². The molecule has 0 spiro atoms. The molecular weight excluding hydrogens is 1610 g/mol. The van der Waals surface area contributed by atoms with Crippen LogP contribution >= 0.6 is 104 Å². The van der Waals surface area contributed by atoms with Crippen LogP contribution in [0.15, 0.2) is 91.0 Å². The quantitative estimate of drug-likeness (QED) is 0.00601. The highest BCUT2D eigenvalue weighted by molar-refractivity contribution is 6.46. The molecule has 0 bridgehead atoms. The van der Waals surface area contributed by atoms with Gasteiger partial charge in [-0.2, -0.15) is 0 Å². The van der Waals surface area contributed by atoms with E-state index in [1.54, 1.807) is 45.9 Å². The predicted octanol–water partition coefficient (Wildman–Crippen LogP) is 14.8. The molecule has 0 saturated heterocycles. The van der Waals surface area contributed by atoms with Gasteiger partial charge < -0.3 is 87.7 Å². The zero-order valence-corrected chi connectivity index (χ0v) is 73.3. The lowest BCUT2D eigenvalue weighted by Crippen LogP contribution is -2.48. The van der Waals surface area contributed by atoms with E-state index >= 15 is 0 Å². The number of aryl methyl sites for hydroxylation is 5. The van der Waals surface area contributed by atoms with Crippen LogP contribution in [0.25, 0.3) is 0 Å². The third-order valence-corrected chi connectivity index (χ3v) is 16.2. The first kappa shape index (κ1) is 106. The number of aldehydes is 1. The number of esters is 2. The summed E-state index contributed by atoms with van der Waals surface area (Å²) in [4.78, 5) is 97.5. The molecule has 0 heterocycles. The standard InChI is InChI=1S/C20H32BCl2N3O4.C15H21Cl2N3O3.C13H18Cl2N2O.C11H16Cl2N2.C9H12N2O.C7H14O2.C2H3ClO/c1-14-6-7-15(26(10-8-22)11-9-23)12-16(14)24-19(28)17(25-21(5)29)13-18(27)30-20(2,3)4;1-10-2-3-11(20(6-4-16)7-5-17)8-13(10)19-15(23)12(18)9-14(21)22;1-10-3-4-12(9-13(10)16-11(2)18)17(7-5-14)8-6-15;1-9-2-3-10(8-11(9)14)15(6-4-12)7-5-13;1-6-3-4-8(10)5-9(6)11-7(2)12;1-5-6(8)9-7(2,3)4;3-1-2-4/h6-7,12,17,25,29H,8-11,13H2,1-5H3,(H,24,28);2-3,8,12H,4-7,9,18H2,1H3,(H,19,23)(H,21,22);3-4,9H,5-8H2,1-2H3,(H,16,18);2-3,8H,4-7,14H2,1H3;3-5H,10H2,1-2H3,(H,11,12);5H2,1-4H3;2H,1H2/t17-;12-;;;;;/m00...../s1. The maximum absolute atomic E-state index is 12.9. The van der Waals surface area contributed by atoms with E-state index < -0.39 is 54.9 Å². The van der Waals surface area contributed by atoms with E-state index in [2.05, 4.69) is 36.3 Å². The fourth-order valence-electron chi connectivity index (χ4n) is 9.31. The van der Waals surface area contributed by atoms with Gasteiger partial charge in [0.15, 0.2) is 0 Å². The molecule has 4 amide bonds. The van der Waals surface area contributed by atoms with Gasteiger partial charge in [-0.3, -0.25) is 33.6 Å². The minimum atomic E-state index is -1.12. The van der Waals surface area contributed by atoms with Crippen LogP contribution in [0.5, 0.6) is 0 Å². The second-order valence-corrected chi connectivity index (χ2v) is 29.9. The largest absolute Gasteiger partial charge is 0.481 e. The number of carbonyl (C=O) groups is 8. The molecule has 0 aliphatic heterocycles. The molecule has 0 aliphatic carbocycles. The SMILES string of the molecule is CB(O)N[C@@H](CC(=O)OC(C)(C)C)C(=O)Nc1cc(N(CCCl)CCCl)ccc1C.CC(=O)Nc1cc(N(CCCl)CCCl)ccc1C.CC(=O)Nc1cc(N)ccc1C.CCC(=O)OC(C)(C)C.Cc1ccc(N(CCCl)CCCl)cc1N.Cc1ccc(N(CCCl)CCCl)cc1NC(=O)[C@@H](N)CC(=O)O.O=CCCl. The van der Waals surface area contributed by atoms with Crippen molar-refractivity contribution in [3.05, 3.63) is 119 Å². The van der Waals surface area contributed by atoms with Crippen LogP contribution in [0.1, 0.15) is 109 Å². The van der Waals surface area contributed by atoms with E-state index in [1.807, 2.05) is 138 Å². The van der Waals surface area contributed by atoms with Crippen molar-refractivity contribution in [3.63, 3.8) is 0 Å². The Kier molecular flexibility index (Phi) is 56.7. The number of amides is 4. The van der Waals surface area contributed by atoms with Crippen LogP contribution in [0.3, 0.4) is 0 Å². The lowest BCUT2D eigenvalue weighted by molar-refractivity contribution is -0.156. The maximum atomic E-state index is 12.9. The monoisotopic (exact) mass is 1730 g/mol. The van der Waals surface area contributed by atoms with Crippen LogP contribution in [-0.4, -0.2) is 194 Å². The number of benzene rings is 5. The van der Waals surface area contributed by atoms with Gasteiger partial charge in [-0.15, -0.1) is 104 Å². The number of nitrogens with zero attached hydrogens (tertiary/aromatic N) is 4. The summed E-state index contributed by atoms with van der Waals surface area (Å²) in [6.45, 7) is 32.2. The fourth-order valence-corrected chi connectivity index (χ4v) is 10.9. The highest BCUT2D eigenvalue weighted by Crippen LogP contribution is 2.28. The van der Waals surface area contributed by atoms with Gasteiger partial charge in [0.1, 0.15) is 17.5 Å². The number of carbonyl (C=O) groups excluding carboxylic acids is 7. The van der Waals surface area contributed by atoms with E-state index in [-0.39, 0.29) is 35.7 Å². The number of nitrogens with two attached hydrogens (primary N) is 3. The van der Waals surface area contributed by atoms with E-state index in [0.717, 1.165) is 93.8 Å². The topological polar surface area (TPSA) is 347 Å². The second kappa shape index (κ2) is 59.2. The molecule has 2 atom stereocenters. The minimum Gasteiger partial charge on any atom is -0.481 e. The van der Waals surface area contributed by atoms with Gasteiger partial charge in [0.25, 0.3) is 0 Å². The molecule has 0 saturated carbocycles. The minimum absolute atomic E-state index is 0.0727. The summed E-state index contributed by atoms with van der Waals surface area (Å²) >= 11 is 51.2. The first-order valence-electron chi connectivity index (χ1n) is 35.6. The molecule has 24 nitrogen and oxygen atoms in total. The Morgan fingerprint density at radius 3 is 1.05 bits per heavy atom. The van der Waals surface area contributed by atoms with Crippen molar-refractivity contribution >= 4 is 216 Å². The molecule has 5 aromatic carbocycles. The van der Waals surface area contributed by atoms with E-state index in [4.69, 9.17) is 141 Å². The lowest BCUT2D eigenvalue weighted by atomic mass is 9.86. The average molecular weight is 1730 g/mol. The summed E-state index contributed by atoms with van der Waals surface area (Å²) in [6, 6.07) is 26.6. The number of carboxylic acid groups (broad SMARTS) is 1. The van der Waals surface area contributed by atoms with Gasteiger partial charge in [-0.05, 0) is 171 Å². The molecule has 0 aromatic heterocycles. The molecule has 0 unspecified atom stereocenters. The molecule has 0 fully saturated rings. The third kappa shape index (κ3) is 48.9. The Morgan fingerprint density at radius 1 is 0.477 bits per heavy atom. The highest BCUT2D eigenvalue weighted by Gasteiger charge is 2.28. The number of alkyl halides is 9. The van der Waals surface area contributed by atoms with Crippen molar-refractivity contribution < 1.29 is 58.0 Å². The zero-order chi connectivity index (χ0) is 85.1. The number of rotatable bonds is 34. The Bertz CT molecular complexity index is 3580. The first-order valence-corrected chi connectivity index (χ1v) is 40.4. The molecule has 5 rings (SSSR count). The van der Waals surface area contributed by atoms with Crippen molar-refractivity contribution in [2.75, 3.05) is 158 Å². The second-order valence-electron chi connectivity index (χ2n) is 26.6. The van der Waals surface area contributed by atoms with Crippen LogP contribution in [0.2, 0.25) is 6.82 Å². The molecule has 111 heavy (non-hydrogen) atoms. The van der Waals surface area contributed by atoms with Gasteiger partial charge in [-0.1, -0.05) is 37.3 Å². The summed E-state index contributed by atoms with van der Waals surface area (Å²) in [5.41, 5.74) is 29.0. The average Bonchev–Trinajstić information content (AvgIpc) is 0.849. The van der Waals surface area contributed by atoms with E-state index in [0.29, 0.717) is 103 Å². The summed E-state index contributed by atoms with van der Waals surface area (Å²) in [5, 5.41) is 32.1. The zero-order valence-electron chi connectivity index (χ0n) is 66.5. The summed E-state index contributed by atoms with van der Waals surface area (Å²) in [6.07, 6.45) is 0.464. The molecule has 0 radical (unpaired) electrons. The Balaban J connectivity index is 0. The number of halogens is 9. The Labute approximate surface area is 702 Å². The summed E-state index contributed by atoms with van der Waals surface area (Å²) < 4.78 is 10.3. The normalized spacial score (nSPS) is 11.0. The van der Waals surface area contributed by atoms with Crippen molar-refractivity contribution in [1.29, 1.82) is 0 Å². The number of carboxylic acids is 1. The number of nitrogen functional groups attached to an aromatic ring is 2. The van der Waals surface area contributed by atoms with Gasteiger partial charge in [0, 0.05) is 177 Å². The maximum Gasteiger partial charge on any atom is 0.374 e. The van der Waals surface area contributed by atoms with Gasteiger partial charge in [0.05, 0.1) is 30.8 Å². The number of hydrogen-bond acceptors (Lipinski definition) is 19. The Morgan fingerprint density at radius 2 is 0.775 bits per heavy atom. The van der Waals surface area contributed by atoms with Crippen molar-refractivity contribution in [1.82, 2.24) is 5.23 Å². The number of anilines is 10. The molecule has 622 valence electrons.